The van der Waals surface area contributed by atoms with Crippen LogP contribution in [0.2, 0.25) is 0 Å². The molecule has 19 nitrogen and oxygen atoms in total. The molecule has 7 atom stereocenters. The summed E-state index contributed by atoms with van der Waals surface area (Å²) in [6.45, 7) is 1.73. The fourth-order valence-corrected chi connectivity index (χ4v) is 8.93. The number of hydrogen-bond donors (Lipinski definition) is 5. The van der Waals surface area contributed by atoms with Crippen molar-refractivity contribution in [3.63, 3.8) is 0 Å². The normalized spacial score (nSPS) is 19.6. The molecule has 1 aliphatic rings. The van der Waals surface area contributed by atoms with Crippen LogP contribution in [0.1, 0.15) is 142 Å². The monoisotopic (exact) mass is 1090 g/mol. The van der Waals surface area contributed by atoms with Crippen LogP contribution < -0.4 is 11.4 Å². The third-order valence-electron chi connectivity index (χ3n) is 10.8. The number of nitrogen functional groups attached to an aromatic ring is 1. The Morgan fingerprint density at radius 1 is 0.693 bits per heavy atom. The molecule has 2 rings (SSSR count). The fraction of sp³-hybridized carbons (Fsp3) is 0.537. The highest BCUT2D eigenvalue weighted by Gasteiger charge is 2.46. The number of aromatic nitrogens is 2. The number of phosphoric acid groups is 2. The maximum absolute atomic E-state index is 12.9. The van der Waals surface area contributed by atoms with Crippen molar-refractivity contribution in [3.8, 4) is 0 Å². The van der Waals surface area contributed by atoms with Crippen LogP contribution >= 0.6 is 15.6 Å². The number of nitrogens with two attached hydrogens (primary N) is 1. The average Bonchev–Trinajstić information content (AvgIpc) is 3.64. The Kier molecular flexibility index (Phi) is 35.6. The lowest BCUT2D eigenvalue weighted by atomic mass is 10.1. The predicted octanol–water partition coefficient (Wildman–Crippen LogP) is 10.2. The molecule has 75 heavy (non-hydrogen) atoms. The third kappa shape index (κ3) is 33.0. The molecule has 1 aromatic rings. The molecule has 0 aromatic carbocycles. The van der Waals surface area contributed by atoms with E-state index in [4.69, 9.17) is 29.0 Å². The quantitative estimate of drug-likeness (QED) is 0.0102. The third-order valence-corrected chi connectivity index (χ3v) is 13.4. The number of carbonyl (C=O) groups is 3. The van der Waals surface area contributed by atoms with Crippen molar-refractivity contribution in [1.29, 1.82) is 0 Å². The molecule has 2 heterocycles. The second kappa shape index (κ2) is 40.4. The van der Waals surface area contributed by atoms with Crippen LogP contribution in [-0.4, -0.2) is 91.5 Å². The van der Waals surface area contributed by atoms with E-state index < -0.39 is 83.7 Å². The van der Waals surface area contributed by atoms with Gasteiger partial charge in [0.2, 0.25) is 0 Å². The molecule has 1 aromatic heterocycles. The molecular weight excluding hydrogens is 1010 g/mol. The van der Waals surface area contributed by atoms with Crippen LogP contribution in [0.3, 0.4) is 0 Å². The van der Waals surface area contributed by atoms with Gasteiger partial charge in [-0.3, -0.25) is 28.0 Å². The lowest BCUT2D eigenvalue weighted by Crippen LogP contribution is -2.36. The standard InChI is InChI=1S/C54H81N3O16P2/c1-3-5-7-9-11-13-15-17-18-19-20-21-22-24-26-28-30-32-34-38-49(59)68-42-46(71-50(60)39-35-37-45(58)36-33-31-29-27-25-23-16-14-12-10-8-6-4-2)43-69-74(64,65)73-75(66,67)70-44-47-51(61)52(62)53(72-47)57-41-40-48(55)56-54(57)63/h5,7,11-14,17-18,20-21,23-26,29,31,33,36,40-41,46-47,51-53,61-62H,3-4,6,8-10,15-16,19,22,27-28,30,32,34-35,37-39,42-44H2,1-2H3,(H,64,65)(H,66,67)(H2,55,56,63)/b7-5-,13-11-,14-12-,18-17-,21-20-,25-23-,26-24-,31-29-,36-33+/t46-,47-,51-,52-,53-/m1/s1. The van der Waals surface area contributed by atoms with E-state index in [0.29, 0.717) is 12.8 Å². The van der Waals surface area contributed by atoms with Gasteiger partial charge in [-0.2, -0.15) is 9.29 Å². The number of allylic oxidation sites excluding steroid dienone is 18. The van der Waals surface area contributed by atoms with Gasteiger partial charge in [-0.25, -0.2) is 13.9 Å². The van der Waals surface area contributed by atoms with Crippen LogP contribution in [0.5, 0.6) is 0 Å². The molecule has 2 unspecified atom stereocenters. The number of esters is 2. The summed E-state index contributed by atoms with van der Waals surface area (Å²) in [6, 6.07) is 1.23. The van der Waals surface area contributed by atoms with E-state index in [1.54, 1.807) is 12.2 Å². The molecule has 0 saturated carbocycles. The smallest absolute Gasteiger partial charge is 0.462 e. The zero-order valence-corrected chi connectivity index (χ0v) is 45.3. The van der Waals surface area contributed by atoms with Gasteiger partial charge in [0, 0.05) is 25.5 Å². The highest BCUT2D eigenvalue weighted by Crippen LogP contribution is 2.60. The number of unbranched alkanes of at least 4 members (excludes halogenated alkanes) is 6. The first-order chi connectivity index (χ1) is 36.1. The summed E-state index contributed by atoms with van der Waals surface area (Å²) in [7, 11) is -11.0. The lowest BCUT2D eigenvalue weighted by Gasteiger charge is -2.21. The van der Waals surface area contributed by atoms with Gasteiger partial charge in [-0.05, 0) is 95.6 Å². The highest BCUT2D eigenvalue weighted by molar-refractivity contribution is 7.61. The van der Waals surface area contributed by atoms with Crippen LogP contribution in [0.25, 0.3) is 0 Å². The van der Waals surface area contributed by atoms with Crippen molar-refractivity contribution < 1.29 is 71.1 Å². The summed E-state index contributed by atoms with van der Waals surface area (Å²) in [4.78, 5) is 74.3. The summed E-state index contributed by atoms with van der Waals surface area (Å²) in [5.41, 5.74) is 4.56. The molecule has 0 radical (unpaired) electrons. The summed E-state index contributed by atoms with van der Waals surface area (Å²) in [5.74, 6) is -1.86. The van der Waals surface area contributed by atoms with Gasteiger partial charge in [-0.1, -0.05) is 136 Å². The van der Waals surface area contributed by atoms with E-state index in [0.717, 1.165) is 75.0 Å². The second-order valence-electron chi connectivity index (χ2n) is 17.3. The molecule has 0 amide bonds. The van der Waals surface area contributed by atoms with E-state index in [2.05, 4.69) is 102 Å². The molecule has 418 valence electrons. The van der Waals surface area contributed by atoms with Crippen LogP contribution in [-0.2, 0) is 51.1 Å². The first-order valence-electron chi connectivity index (χ1n) is 25.9. The minimum atomic E-state index is -5.50. The van der Waals surface area contributed by atoms with Crippen molar-refractivity contribution in [2.45, 2.75) is 166 Å². The number of rotatable bonds is 41. The van der Waals surface area contributed by atoms with Gasteiger partial charge >= 0.3 is 33.3 Å². The fourth-order valence-electron chi connectivity index (χ4n) is 6.82. The van der Waals surface area contributed by atoms with Gasteiger partial charge in [0.15, 0.2) is 18.1 Å². The maximum Gasteiger partial charge on any atom is 0.481 e. The van der Waals surface area contributed by atoms with E-state index in [9.17, 15) is 48.3 Å². The zero-order chi connectivity index (χ0) is 55.0. The first-order valence-corrected chi connectivity index (χ1v) is 28.8. The number of aliphatic hydroxyl groups is 2. The number of carbonyl (C=O) groups excluding carboxylic acids is 3. The Bertz CT molecular complexity index is 2250. The maximum atomic E-state index is 12.9. The van der Waals surface area contributed by atoms with Crippen LogP contribution in [0.15, 0.2) is 126 Å². The van der Waals surface area contributed by atoms with E-state index >= 15 is 0 Å². The topological polar surface area (TPSA) is 283 Å². The summed E-state index contributed by atoms with van der Waals surface area (Å²) in [5, 5.41) is 20.9. The van der Waals surface area contributed by atoms with Crippen LogP contribution in [0.4, 0.5) is 5.82 Å². The zero-order valence-electron chi connectivity index (χ0n) is 43.5. The molecule has 21 heteroatoms. The number of hydrogen-bond acceptors (Lipinski definition) is 16. The second-order valence-corrected chi connectivity index (χ2v) is 20.4. The molecule has 0 aliphatic carbocycles. The van der Waals surface area contributed by atoms with Gasteiger partial charge in [0.25, 0.3) is 0 Å². The number of anilines is 1. The number of phosphoric ester groups is 2. The molecule has 0 bridgehead atoms. The highest BCUT2D eigenvalue weighted by atomic mass is 31.3. The molecule has 1 saturated heterocycles. The number of ether oxygens (including phenoxy) is 3. The minimum Gasteiger partial charge on any atom is -0.462 e. The van der Waals surface area contributed by atoms with Crippen LogP contribution in [0, 0.1) is 0 Å². The first kappa shape index (κ1) is 66.2. The van der Waals surface area contributed by atoms with E-state index in [1.807, 2.05) is 12.2 Å². The van der Waals surface area contributed by atoms with Crippen molar-refractivity contribution in [3.05, 3.63) is 132 Å². The Balaban J connectivity index is 1.87. The molecule has 0 spiro atoms. The van der Waals surface area contributed by atoms with Gasteiger partial charge in [-0.15, -0.1) is 0 Å². The molecular formula is C54H81N3O16P2. The Morgan fingerprint density at radius 2 is 1.25 bits per heavy atom. The van der Waals surface area contributed by atoms with E-state index in [-0.39, 0.29) is 37.3 Å². The number of nitrogens with zero attached hydrogens (tertiary/aromatic N) is 2. The Morgan fingerprint density at radius 3 is 1.85 bits per heavy atom. The van der Waals surface area contributed by atoms with E-state index in [1.165, 1.54) is 31.4 Å². The minimum absolute atomic E-state index is 0.00623. The largest absolute Gasteiger partial charge is 0.481 e. The molecule has 1 fully saturated rings. The Labute approximate surface area is 442 Å². The van der Waals surface area contributed by atoms with Crippen molar-refractivity contribution in [1.82, 2.24) is 9.55 Å². The molecule has 1 aliphatic heterocycles. The molecule has 6 N–H and O–H groups in total. The predicted molar refractivity (Wildman–Crippen MR) is 289 cm³/mol. The van der Waals surface area contributed by atoms with Gasteiger partial charge < -0.3 is 39.9 Å². The summed E-state index contributed by atoms with van der Waals surface area (Å²) >= 11 is 0. The van der Waals surface area contributed by atoms with Gasteiger partial charge in [0.1, 0.15) is 30.7 Å². The SMILES string of the molecule is CC/C=C\C/C=C\C/C=C\C/C=C\C/C=C\CCCCCC(=O)OC[C@H](COP(=O)(O)OP(=O)(O)OC[C@H]1O[C@@H](n2ccc(N)nc2=O)[C@H](O)[C@@H]1O)OC(=O)CCCC(=O)/C=C/C=C\C/C=C\C/C=C\CCCCC. The van der Waals surface area contributed by atoms with Crippen molar-refractivity contribution >= 4 is 39.2 Å². The van der Waals surface area contributed by atoms with Gasteiger partial charge in [0.05, 0.1) is 13.2 Å². The summed E-state index contributed by atoms with van der Waals surface area (Å²) < 4.78 is 56.5. The number of ketones is 1. The number of aliphatic hydroxyl groups excluding tert-OH is 2. The average molecular weight is 1090 g/mol. The van der Waals surface area contributed by atoms with Crippen molar-refractivity contribution in [2.24, 2.45) is 0 Å². The lowest BCUT2D eigenvalue weighted by molar-refractivity contribution is -0.161. The Hall–Kier alpha value is -4.91. The summed E-state index contributed by atoms with van der Waals surface area (Å²) in [6.07, 6.45) is 43.2. The van der Waals surface area contributed by atoms with Crippen molar-refractivity contribution in [2.75, 3.05) is 25.6 Å².